The van der Waals surface area contributed by atoms with Gasteiger partial charge in [0.2, 0.25) is 5.91 Å². The second-order valence-electron chi connectivity index (χ2n) is 7.61. The van der Waals surface area contributed by atoms with E-state index in [1.54, 1.807) is 11.3 Å². The van der Waals surface area contributed by atoms with Crippen LogP contribution >= 0.6 is 11.3 Å². The molecular weight excluding hydrogens is 378 g/mol. The molecule has 0 atom stereocenters. The van der Waals surface area contributed by atoms with E-state index < -0.39 is 0 Å². The summed E-state index contributed by atoms with van der Waals surface area (Å²) in [5.74, 6) is 0.259. The standard InChI is InChI=1S/C24H27N3OS/c1-18-7-6-10-20(19(18)2)11-12-23(28)26-13-15-27(16-14-26)24-25-22(17-29-24)21-8-4-3-5-9-21/h3-10,17H,11-16H2,1-2H3. The molecule has 0 N–H and O–H groups in total. The van der Waals surface area contributed by atoms with Crippen LogP contribution in [0.2, 0.25) is 0 Å². The molecule has 4 rings (SSSR count). The van der Waals surface area contributed by atoms with E-state index in [0.717, 1.165) is 49.0 Å². The molecule has 150 valence electrons. The van der Waals surface area contributed by atoms with Crippen molar-refractivity contribution >= 4 is 22.4 Å². The van der Waals surface area contributed by atoms with Gasteiger partial charge in [-0.05, 0) is 37.0 Å². The number of hydrogen-bond acceptors (Lipinski definition) is 4. The largest absolute Gasteiger partial charge is 0.345 e. The molecule has 1 aromatic heterocycles. The van der Waals surface area contributed by atoms with Crippen LogP contribution in [0.15, 0.2) is 53.9 Å². The van der Waals surface area contributed by atoms with Crippen LogP contribution < -0.4 is 4.90 Å². The zero-order chi connectivity index (χ0) is 20.2. The van der Waals surface area contributed by atoms with Crippen molar-refractivity contribution in [2.75, 3.05) is 31.1 Å². The third kappa shape index (κ3) is 4.51. The molecule has 1 aliphatic heterocycles. The minimum Gasteiger partial charge on any atom is -0.345 e. The summed E-state index contributed by atoms with van der Waals surface area (Å²) in [5.41, 5.74) is 6.06. The molecule has 1 saturated heterocycles. The molecule has 0 spiro atoms. The normalized spacial score (nSPS) is 14.3. The Kier molecular flexibility index (Phi) is 5.95. The average molecular weight is 406 g/mol. The Labute approximate surface area is 176 Å². The zero-order valence-electron chi connectivity index (χ0n) is 17.1. The first-order valence-electron chi connectivity index (χ1n) is 10.2. The summed E-state index contributed by atoms with van der Waals surface area (Å²) in [6.45, 7) is 7.50. The fourth-order valence-electron chi connectivity index (χ4n) is 3.78. The lowest BCUT2D eigenvalue weighted by Gasteiger charge is -2.34. The maximum Gasteiger partial charge on any atom is 0.223 e. The van der Waals surface area contributed by atoms with Gasteiger partial charge in [0.05, 0.1) is 5.69 Å². The summed E-state index contributed by atoms with van der Waals surface area (Å²) in [6, 6.07) is 16.6. The van der Waals surface area contributed by atoms with Gasteiger partial charge in [-0.15, -0.1) is 11.3 Å². The van der Waals surface area contributed by atoms with Crippen molar-refractivity contribution in [3.63, 3.8) is 0 Å². The van der Waals surface area contributed by atoms with Gasteiger partial charge in [-0.2, -0.15) is 0 Å². The van der Waals surface area contributed by atoms with Crippen molar-refractivity contribution in [1.82, 2.24) is 9.88 Å². The number of amides is 1. The zero-order valence-corrected chi connectivity index (χ0v) is 17.9. The summed E-state index contributed by atoms with van der Waals surface area (Å²) in [5, 5.41) is 3.16. The number of carbonyl (C=O) groups excluding carboxylic acids is 1. The fraction of sp³-hybridized carbons (Fsp3) is 0.333. The molecule has 0 bridgehead atoms. The van der Waals surface area contributed by atoms with E-state index in [9.17, 15) is 4.79 Å². The Morgan fingerprint density at radius 3 is 2.52 bits per heavy atom. The lowest BCUT2D eigenvalue weighted by Crippen LogP contribution is -2.48. The topological polar surface area (TPSA) is 36.4 Å². The molecule has 1 amide bonds. The summed E-state index contributed by atoms with van der Waals surface area (Å²) in [7, 11) is 0. The van der Waals surface area contributed by atoms with Gasteiger partial charge in [-0.1, -0.05) is 48.5 Å². The first-order chi connectivity index (χ1) is 14.1. The molecule has 3 aromatic rings. The Bertz CT molecular complexity index is 975. The highest BCUT2D eigenvalue weighted by Crippen LogP contribution is 2.28. The van der Waals surface area contributed by atoms with Gasteiger partial charge in [-0.25, -0.2) is 4.98 Å². The van der Waals surface area contributed by atoms with Crippen molar-refractivity contribution in [3.8, 4) is 11.3 Å². The van der Waals surface area contributed by atoms with E-state index in [1.165, 1.54) is 16.7 Å². The first-order valence-corrected chi connectivity index (χ1v) is 11.1. The highest BCUT2D eigenvalue weighted by Gasteiger charge is 2.23. The lowest BCUT2D eigenvalue weighted by molar-refractivity contribution is -0.131. The van der Waals surface area contributed by atoms with Crippen molar-refractivity contribution in [3.05, 3.63) is 70.6 Å². The number of nitrogens with zero attached hydrogens (tertiary/aromatic N) is 3. The molecule has 2 heterocycles. The average Bonchev–Trinajstić information content (AvgIpc) is 3.26. The van der Waals surface area contributed by atoms with Crippen LogP contribution in [0.4, 0.5) is 5.13 Å². The highest BCUT2D eigenvalue weighted by atomic mass is 32.1. The van der Waals surface area contributed by atoms with Crippen LogP contribution in [-0.2, 0) is 11.2 Å². The van der Waals surface area contributed by atoms with Gasteiger partial charge in [0.15, 0.2) is 5.13 Å². The van der Waals surface area contributed by atoms with Crippen LogP contribution in [-0.4, -0.2) is 42.0 Å². The predicted octanol–water partition coefficient (Wildman–Crippen LogP) is 4.71. The maximum absolute atomic E-state index is 12.7. The third-order valence-electron chi connectivity index (χ3n) is 5.79. The summed E-state index contributed by atoms with van der Waals surface area (Å²) in [4.78, 5) is 21.8. The van der Waals surface area contributed by atoms with Gasteiger partial charge in [0, 0.05) is 43.5 Å². The van der Waals surface area contributed by atoms with E-state index in [1.807, 2.05) is 23.1 Å². The number of anilines is 1. The Hall–Kier alpha value is -2.66. The number of rotatable bonds is 5. The SMILES string of the molecule is Cc1cccc(CCC(=O)N2CCN(c3nc(-c4ccccc4)cs3)CC2)c1C. The molecule has 1 fully saturated rings. The van der Waals surface area contributed by atoms with Gasteiger partial charge < -0.3 is 9.80 Å². The van der Waals surface area contributed by atoms with Gasteiger partial charge in [-0.3, -0.25) is 4.79 Å². The van der Waals surface area contributed by atoms with Crippen LogP contribution in [0.5, 0.6) is 0 Å². The Balaban J connectivity index is 1.31. The van der Waals surface area contributed by atoms with E-state index in [0.29, 0.717) is 6.42 Å². The van der Waals surface area contributed by atoms with Crippen LogP contribution in [0.1, 0.15) is 23.1 Å². The van der Waals surface area contributed by atoms with Crippen molar-refractivity contribution < 1.29 is 4.79 Å². The van der Waals surface area contributed by atoms with E-state index in [4.69, 9.17) is 4.98 Å². The molecule has 1 aliphatic rings. The number of carbonyl (C=O) groups is 1. The second kappa shape index (κ2) is 8.78. The molecule has 2 aromatic carbocycles. The van der Waals surface area contributed by atoms with Crippen LogP contribution in [0.3, 0.4) is 0 Å². The Morgan fingerprint density at radius 2 is 1.76 bits per heavy atom. The molecule has 5 heteroatoms. The van der Waals surface area contributed by atoms with E-state index in [-0.39, 0.29) is 5.91 Å². The van der Waals surface area contributed by atoms with Gasteiger partial charge in [0.1, 0.15) is 0 Å². The lowest BCUT2D eigenvalue weighted by atomic mass is 9.99. The van der Waals surface area contributed by atoms with Gasteiger partial charge in [0.25, 0.3) is 0 Å². The number of aryl methyl sites for hydroxylation is 2. The smallest absolute Gasteiger partial charge is 0.223 e. The number of hydrogen-bond donors (Lipinski definition) is 0. The first kappa shape index (κ1) is 19.6. The van der Waals surface area contributed by atoms with Crippen LogP contribution in [0.25, 0.3) is 11.3 Å². The maximum atomic E-state index is 12.7. The summed E-state index contributed by atoms with van der Waals surface area (Å²) >= 11 is 1.68. The molecule has 4 nitrogen and oxygen atoms in total. The molecule has 0 radical (unpaired) electrons. The predicted molar refractivity (Wildman–Crippen MR) is 121 cm³/mol. The Morgan fingerprint density at radius 1 is 1.00 bits per heavy atom. The minimum atomic E-state index is 0.259. The quantitative estimate of drug-likeness (QED) is 0.617. The van der Waals surface area contributed by atoms with Crippen molar-refractivity contribution in [2.24, 2.45) is 0 Å². The van der Waals surface area contributed by atoms with E-state index >= 15 is 0 Å². The number of thiazole rings is 1. The number of benzene rings is 2. The summed E-state index contributed by atoms with van der Waals surface area (Å²) in [6.07, 6.45) is 1.40. The van der Waals surface area contributed by atoms with Gasteiger partial charge >= 0.3 is 0 Å². The fourth-order valence-corrected chi connectivity index (χ4v) is 4.67. The number of aromatic nitrogens is 1. The minimum absolute atomic E-state index is 0.259. The van der Waals surface area contributed by atoms with Crippen molar-refractivity contribution in [2.45, 2.75) is 26.7 Å². The molecular formula is C24H27N3OS. The number of piperazine rings is 1. The molecule has 0 unspecified atom stereocenters. The summed E-state index contributed by atoms with van der Waals surface area (Å²) < 4.78 is 0. The monoisotopic (exact) mass is 405 g/mol. The molecule has 29 heavy (non-hydrogen) atoms. The van der Waals surface area contributed by atoms with E-state index in [2.05, 4.69) is 54.5 Å². The second-order valence-corrected chi connectivity index (χ2v) is 8.44. The highest BCUT2D eigenvalue weighted by molar-refractivity contribution is 7.14. The van der Waals surface area contributed by atoms with Crippen LogP contribution in [0, 0.1) is 13.8 Å². The molecule has 0 saturated carbocycles. The molecule has 0 aliphatic carbocycles. The third-order valence-corrected chi connectivity index (χ3v) is 6.69. The van der Waals surface area contributed by atoms with Crippen molar-refractivity contribution in [1.29, 1.82) is 0 Å².